The largest absolute Gasteiger partial charge is 0.443 e. The molecule has 1 fully saturated rings. The minimum atomic E-state index is -3.88. The number of sulfonamides is 1. The summed E-state index contributed by atoms with van der Waals surface area (Å²) in [5.74, 6) is -0.573. The van der Waals surface area contributed by atoms with Crippen LogP contribution >= 0.6 is 0 Å². The Morgan fingerprint density at radius 1 is 1.06 bits per heavy atom. The van der Waals surface area contributed by atoms with E-state index in [1.807, 2.05) is 25.1 Å². The number of rotatable bonds is 5. The highest BCUT2D eigenvalue weighted by molar-refractivity contribution is 7.89. The third-order valence-electron chi connectivity index (χ3n) is 5.18. The quantitative estimate of drug-likeness (QED) is 0.673. The van der Waals surface area contributed by atoms with Crippen molar-refractivity contribution in [2.45, 2.75) is 63.6 Å². The molecule has 1 aliphatic rings. The molecule has 1 atom stereocenters. The van der Waals surface area contributed by atoms with Crippen LogP contribution < -0.4 is 0 Å². The minimum absolute atomic E-state index is 0.00348. The van der Waals surface area contributed by atoms with Gasteiger partial charge in [0, 0.05) is 6.54 Å². The Hall–Kier alpha value is -2.71. The standard InChI is InChI=1S/C24H30N2O5S/c1-18-12-14-20(15-13-18)32(29,30)26-16-8-11-21(26)22(27)25(23(28)31-24(2,3)4)17-19-9-6-5-7-10-19/h5-7,9-10,12-15,21H,8,11,16-17H2,1-4H3/t21-/m0/s1. The first kappa shape index (κ1) is 23.9. The second kappa shape index (κ2) is 9.42. The summed E-state index contributed by atoms with van der Waals surface area (Å²) < 4.78 is 33.2. The molecule has 172 valence electrons. The predicted molar refractivity (Wildman–Crippen MR) is 121 cm³/mol. The van der Waals surface area contributed by atoms with Gasteiger partial charge in [0.1, 0.15) is 11.6 Å². The van der Waals surface area contributed by atoms with Gasteiger partial charge in [-0.1, -0.05) is 48.0 Å². The molecule has 0 aliphatic carbocycles. The Bertz CT molecular complexity index is 1060. The van der Waals surface area contributed by atoms with Crippen molar-refractivity contribution in [1.29, 1.82) is 0 Å². The summed E-state index contributed by atoms with van der Waals surface area (Å²) in [6.07, 6.45) is 0.0958. The van der Waals surface area contributed by atoms with E-state index < -0.39 is 33.7 Å². The van der Waals surface area contributed by atoms with E-state index >= 15 is 0 Å². The van der Waals surface area contributed by atoms with Gasteiger partial charge in [0.05, 0.1) is 11.4 Å². The molecule has 3 rings (SSSR count). The Morgan fingerprint density at radius 3 is 2.28 bits per heavy atom. The topological polar surface area (TPSA) is 84.0 Å². The summed E-state index contributed by atoms with van der Waals surface area (Å²) in [6.45, 7) is 7.27. The second-order valence-corrected chi connectivity index (χ2v) is 10.9. The van der Waals surface area contributed by atoms with Crippen molar-refractivity contribution in [2.24, 2.45) is 0 Å². The maximum Gasteiger partial charge on any atom is 0.417 e. The summed E-state index contributed by atoms with van der Waals surface area (Å²) in [5, 5.41) is 0. The summed E-state index contributed by atoms with van der Waals surface area (Å²) in [7, 11) is -3.88. The molecule has 2 aromatic rings. The molecule has 0 N–H and O–H groups in total. The van der Waals surface area contributed by atoms with E-state index in [0.29, 0.717) is 12.8 Å². The van der Waals surface area contributed by atoms with E-state index in [1.165, 1.54) is 4.31 Å². The van der Waals surface area contributed by atoms with E-state index in [1.54, 1.807) is 57.2 Å². The molecule has 0 radical (unpaired) electrons. The van der Waals surface area contributed by atoms with Crippen LogP contribution in [-0.2, 0) is 26.1 Å². The van der Waals surface area contributed by atoms with Gasteiger partial charge < -0.3 is 4.74 Å². The van der Waals surface area contributed by atoms with Crippen LogP contribution in [0, 0.1) is 6.92 Å². The van der Waals surface area contributed by atoms with Gasteiger partial charge in [0.15, 0.2) is 0 Å². The Morgan fingerprint density at radius 2 is 1.69 bits per heavy atom. The van der Waals surface area contributed by atoms with Crippen molar-refractivity contribution < 1.29 is 22.7 Å². The van der Waals surface area contributed by atoms with Crippen LogP contribution in [-0.4, -0.2) is 47.8 Å². The van der Waals surface area contributed by atoms with Crippen LogP contribution in [0.1, 0.15) is 44.7 Å². The normalized spacial score (nSPS) is 17.2. The molecule has 2 amide bonds. The van der Waals surface area contributed by atoms with E-state index in [4.69, 9.17) is 4.74 Å². The van der Waals surface area contributed by atoms with Crippen molar-refractivity contribution in [1.82, 2.24) is 9.21 Å². The number of hydrogen-bond donors (Lipinski definition) is 0. The van der Waals surface area contributed by atoms with Gasteiger partial charge in [-0.2, -0.15) is 4.31 Å². The van der Waals surface area contributed by atoms with Crippen molar-refractivity contribution in [3.8, 4) is 0 Å². The van der Waals surface area contributed by atoms with Gasteiger partial charge in [-0.15, -0.1) is 0 Å². The molecular weight excluding hydrogens is 428 g/mol. The lowest BCUT2D eigenvalue weighted by molar-refractivity contribution is -0.134. The Labute approximate surface area is 190 Å². The smallest absolute Gasteiger partial charge is 0.417 e. The number of carbonyl (C=O) groups is 2. The number of aryl methyl sites for hydroxylation is 1. The maximum atomic E-state index is 13.5. The van der Waals surface area contributed by atoms with Gasteiger partial charge in [-0.25, -0.2) is 18.1 Å². The Kier molecular flexibility index (Phi) is 7.05. The van der Waals surface area contributed by atoms with Gasteiger partial charge in [-0.05, 0) is 58.2 Å². The molecule has 0 spiro atoms. The molecule has 7 nitrogen and oxygen atoms in total. The third-order valence-corrected chi connectivity index (χ3v) is 7.10. The monoisotopic (exact) mass is 458 g/mol. The highest BCUT2D eigenvalue weighted by Crippen LogP contribution is 2.28. The summed E-state index contributed by atoms with van der Waals surface area (Å²) in [5.41, 5.74) is 0.893. The average Bonchev–Trinajstić information content (AvgIpc) is 3.22. The van der Waals surface area contributed by atoms with Crippen molar-refractivity contribution in [3.63, 3.8) is 0 Å². The first-order valence-electron chi connectivity index (χ1n) is 10.7. The molecular formula is C24H30N2O5S. The molecule has 0 bridgehead atoms. The number of amides is 2. The predicted octanol–water partition coefficient (Wildman–Crippen LogP) is 4.11. The number of carbonyl (C=O) groups excluding carboxylic acids is 2. The minimum Gasteiger partial charge on any atom is -0.443 e. The molecule has 1 heterocycles. The Balaban J connectivity index is 1.91. The number of imide groups is 1. The lowest BCUT2D eigenvalue weighted by atomic mass is 10.1. The molecule has 32 heavy (non-hydrogen) atoms. The fraction of sp³-hybridized carbons (Fsp3) is 0.417. The lowest BCUT2D eigenvalue weighted by Gasteiger charge is -2.30. The number of nitrogens with zero attached hydrogens (tertiary/aromatic N) is 2. The molecule has 0 saturated carbocycles. The summed E-state index contributed by atoms with van der Waals surface area (Å²) >= 11 is 0. The molecule has 2 aromatic carbocycles. The van der Waals surface area contributed by atoms with Crippen molar-refractivity contribution in [3.05, 3.63) is 65.7 Å². The van der Waals surface area contributed by atoms with Crippen LogP contribution in [0.15, 0.2) is 59.5 Å². The van der Waals surface area contributed by atoms with Crippen LogP contribution in [0.2, 0.25) is 0 Å². The fourth-order valence-electron chi connectivity index (χ4n) is 3.62. The molecule has 8 heteroatoms. The van der Waals surface area contributed by atoms with Crippen LogP contribution in [0.4, 0.5) is 4.79 Å². The molecule has 1 aliphatic heterocycles. The SMILES string of the molecule is Cc1ccc(S(=O)(=O)N2CCC[C@H]2C(=O)N(Cc2ccccc2)C(=O)OC(C)(C)C)cc1. The summed E-state index contributed by atoms with van der Waals surface area (Å²) in [6, 6.07) is 14.7. The average molecular weight is 459 g/mol. The van der Waals surface area contributed by atoms with Crippen LogP contribution in [0.3, 0.4) is 0 Å². The zero-order valence-corrected chi connectivity index (χ0v) is 19.8. The van der Waals surface area contributed by atoms with Crippen molar-refractivity contribution >= 4 is 22.0 Å². The molecule has 1 saturated heterocycles. The number of benzene rings is 2. The second-order valence-electron chi connectivity index (χ2n) is 8.98. The van der Waals surface area contributed by atoms with E-state index in [9.17, 15) is 18.0 Å². The maximum absolute atomic E-state index is 13.5. The van der Waals surface area contributed by atoms with E-state index in [0.717, 1.165) is 16.0 Å². The molecule has 0 aromatic heterocycles. The number of hydrogen-bond acceptors (Lipinski definition) is 5. The fourth-order valence-corrected chi connectivity index (χ4v) is 5.27. The first-order chi connectivity index (χ1) is 15.0. The highest BCUT2D eigenvalue weighted by Gasteiger charge is 2.43. The van der Waals surface area contributed by atoms with E-state index in [2.05, 4.69) is 0 Å². The highest BCUT2D eigenvalue weighted by atomic mass is 32.2. The van der Waals surface area contributed by atoms with Crippen LogP contribution in [0.5, 0.6) is 0 Å². The van der Waals surface area contributed by atoms with Gasteiger partial charge in [0.25, 0.3) is 5.91 Å². The lowest BCUT2D eigenvalue weighted by Crippen LogP contribution is -2.50. The summed E-state index contributed by atoms with van der Waals surface area (Å²) in [4.78, 5) is 27.6. The zero-order valence-electron chi connectivity index (χ0n) is 18.9. The third kappa shape index (κ3) is 5.55. The zero-order chi connectivity index (χ0) is 23.5. The van der Waals surface area contributed by atoms with Gasteiger partial charge in [0.2, 0.25) is 10.0 Å². The van der Waals surface area contributed by atoms with Gasteiger partial charge >= 0.3 is 6.09 Å². The van der Waals surface area contributed by atoms with Gasteiger partial charge in [-0.3, -0.25) is 4.79 Å². The van der Waals surface area contributed by atoms with E-state index in [-0.39, 0.29) is 18.0 Å². The number of ether oxygens (including phenoxy) is 1. The molecule has 0 unspecified atom stereocenters. The first-order valence-corrected chi connectivity index (χ1v) is 12.1. The van der Waals surface area contributed by atoms with Crippen LogP contribution in [0.25, 0.3) is 0 Å². The van der Waals surface area contributed by atoms with Crippen molar-refractivity contribution in [2.75, 3.05) is 6.54 Å².